The molecule has 0 radical (unpaired) electrons. The third-order valence-corrected chi connectivity index (χ3v) is 3.36. The fourth-order valence-electron chi connectivity index (χ4n) is 1.72. The SMILES string of the molecule is CCN=CC(=NCC)C(C)(C)C.CCN=CC(=NCC)C(C)CC. The molecule has 4 nitrogen and oxygen atoms in total. The molecule has 0 rings (SSSR count). The van der Waals surface area contributed by atoms with Gasteiger partial charge >= 0.3 is 0 Å². The summed E-state index contributed by atoms with van der Waals surface area (Å²) in [6, 6.07) is 0. The minimum Gasteiger partial charge on any atom is -0.292 e. The Kier molecular flexibility index (Phi) is 15.8. The van der Waals surface area contributed by atoms with Crippen LogP contribution in [0.5, 0.6) is 0 Å². The molecule has 0 amide bonds. The summed E-state index contributed by atoms with van der Waals surface area (Å²) >= 11 is 0. The Bertz CT molecular complexity index is 412. The van der Waals surface area contributed by atoms with Gasteiger partial charge in [-0.25, -0.2) is 0 Å². The van der Waals surface area contributed by atoms with E-state index in [1.807, 2.05) is 33.2 Å². The van der Waals surface area contributed by atoms with Gasteiger partial charge in [0, 0.05) is 44.0 Å². The van der Waals surface area contributed by atoms with Crippen molar-refractivity contribution in [3.63, 3.8) is 0 Å². The molecule has 0 saturated heterocycles. The lowest BCUT2D eigenvalue weighted by atomic mass is 9.90. The quantitative estimate of drug-likeness (QED) is 0.549. The predicted molar refractivity (Wildman–Crippen MR) is 113 cm³/mol. The molecule has 0 aliphatic carbocycles. The van der Waals surface area contributed by atoms with Crippen molar-refractivity contribution >= 4 is 23.9 Å². The molecule has 0 N–H and O–H groups in total. The van der Waals surface area contributed by atoms with Crippen LogP contribution >= 0.6 is 0 Å². The maximum absolute atomic E-state index is 4.40. The average Bonchev–Trinajstić information content (AvgIpc) is 2.54. The summed E-state index contributed by atoms with van der Waals surface area (Å²) in [4.78, 5) is 17.2. The molecule has 24 heavy (non-hydrogen) atoms. The highest BCUT2D eigenvalue weighted by Crippen LogP contribution is 2.14. The van der Waals surface area contributed by atoms with Crippen molar-refractivity contribution < 1.29 is 0 Å². The average molecular weight is 337 g/mol. The molecule has 0 heterocycles. The Morgan fingerprint density at radius 1 is 0.792 bits per heavy atom. The maximum Gasteiger partial charge on any atom is 0.0579 e. The highest BCUT2D eigenvalue weighted by Gasteiger charge is 2.16. The Morgan fingerprint density at radius 2 is 1.29 bits per heavy atom. The minimum atomic E-state index is 0.120. The molecule has 1 unspecified atom stereocenters. The van der Waals surface area contributed by atoms with Gasteiger partial charge in [0.05, 0.1) is 11.4 Å². The van der Waals surface area contributed by atoms with E-state index >= 15 is 0 Å². The molecule has 140 valence electrons. The number of nitrogens with zero attached hydrogens (tertiary/aromatic N) is 4. The zero-order chi connectivity index (χ0) is 19.0. The zero-order valence-electron chi connectivity index (χ0n) is 17.6. The van der Waals surface area contributed by atoms with E-state index in [2.05, 4.69) is 61.5 Å². The molecule has 0 fully saturated rings. The van der Waals surface area contributed by atoms with Crippen LogP contribution in [0.25, 0.3) is 0 Å². The summed E-state index contributed by atoms with van der Waals surface area (Å²) in [5.41, 5.74) is 2.35. The lowest BCUT2D eigenvalue weighted by Gasteiger charge is -2.17. The molecule has 0 aromatic heterocycles. The summed E-state index contributed by atoms with van der Waals surface area (Å²) in [5, 5.41) is 0. The predicted octanol–water partition coefficient (Wildman–Crippen LogP) is 5.17. The third-order valence-electron chi connectivity index (χ3n) is 3.36. The molecular formula is C20H40N4. The summed E-state index contributed by atoms with van der Waals surface area (Å²) in [6.45, 7) is 22.4. The van der Waals surface area contributed by atoms with E-state index < -0.39 is 0 Å². The largest absolute Gasteiger partial charge is 0.292 e. The van der Waals surface area contributed by atoms with Crippen LogP contribution in [0.3, 0.4) is 0 Å². The smallest absolute Gasteiger partial charge is 0.0579 e. The molecule has 0 aliphatic rings. The highest BCUT2D eigenvalue weighted by atomic mass is 14.8. The summed E-state index contributed by atoms with van der Waals surface area (Å²) in [5.74, 6) is 0.542. The lowest BCUT2D eigenvalue weighted by Crippen LogP contribution is -2.22. The Hall–Kier alpha value is -1.32. The first-order valence-electron chi connectivity index (χ1n) is 9.37. The first kappa shape index (κ1) is 24.9. The van der Waals surface area contributed by atoms with Crippen molar-refractivity contribution in [2.24, 2.45) is 31.3 Å². The Labute approximate surface area is 150 Å². The van der Waals surface area contributed by atoms with Crippen LogP contribution in [-0.2, 0) is 0 Å². The standard InChI is InChI=1S/2C10H20N2/c1-6-11-8-9(12-7-2)10(3,4)5;1-5-9(4)10(12-7-3)8-11-6-2/h8H,6-7H2,1-5H3;8-9H,5-7H2,1-4H3. The van der Waals surface area contributed by atoms with E-state index in [1.54, 1.807) is 0 Å². The summed E-state index contributed by atoms with van der Waals surface area (Å²) in [7, 11) is 0. The third kappa shape index (κ3) is 13.1. The van der Waals surface area contributed by atoms with E-state index in [0.717, 1.165) is 44.0 Å². The van der Waals surface area contributed by atoms with E-state index in [1.165, 1.54) is 0 Å². The van der Waals surface area contributed by atoms with Gasteiger partial charge < -0.3 is 0 Å². The molecule has 4 heteroatoms. The molecule has 0 aromatic rings. The van der Waals surface area contributed by atoms with Crippen LogP contribution < -0.4 is 0 Å². The van der Waals surface area contributed by atoms with Crippen LogP contribution in [0.2, 0.25) is 0 Å². The Balaban J connectivity index is 0. The molecule has 0 aliphatic heterocycles. The van der Waals surface area contributed by atoms with E-state index in [-0.39, 0.29) is 5.41 Å². The monoisotopic (exact) mass is 336 g/mol. The summed E-state index contributed by atoms with van der Waals surface area (Å²) < 4.78 is 0. The molecule has 0 aromatic carbocycles. The first-order valence-corrected chi connectivity index (χ1v) is 9.37. The van der Waals surface area contributed by atoms with Gasteiger partial charge in [-0.2, -0.15) is 0 Å². The van der Waals surface area contributed by atoms with Crippen LogP contribution in [0.1, 0.15) is 68.7 Å². The van der Waals surface area contributed by atoms with Gasteiger partial charge in [0.25, 0.3) is 0 Å². The second kappa shape index (κ2) is 15.2. The molecule has 0 bridgehead atoms. The van der Waals surface area contributed by atoms with Crippen molar-refractivity contribution in [3.8, 4) is 0 Å². The minimum absolute atomic E-state index is 0.120. The van der Waals surface area contributed by atoms with E-state index in [9.17, 15) is 0 Å². The van der Waals surface area contributed by atoms with Crippen molar-refractivity contribution in [2.75, 3.05) is 26.2 Å². The summed E-state index contributed by atoms with van der Waals surface area (Å²) in [6.07, 6.45) is 4.94. The van der Waals surface area contributed by atoms with Crippen molar-refractivity contribution in [3.05, 3.63) is 0 Å². The molecule has 0 saturated carbocycles. The van der Waals surface area contributed by atoms with Crippen LogP contribution in [0, 0.1) is 11.3 Å². The van der Waals surface area contributed by atoms with Gasteiger partial charge in [0.15, 0.2) is 0 Å². The fraction of sp³-hybridized carbons (Fsp3) is 0.800. The van der Waals surface area contributed by atoms with Crippen LogP contribution in [0.4, 0.5) is 0 Å². The van der Waals surface area contributed by atoms with Gasteiger partial charge in [-0.1, -0.05) is 34.6 Å². The second-order valence-electron chi connectivity index (χ2n) is 6.57. The van der Waals surface area contributed by atoms with Crippen molar-refractivity contribution in [1.29, 1.82) is 0 Å². The normalized spacial score (nSPS) is 14.9. The van der Waals surface area contributed by atoms with Gasteiger partial charge in [-0.3, -0.25) is 20.0 Å². The fourth-order valence-corrected chi connectivity index (χ4v) is 1.72. The van der Waals surface area contributed by atoms with Gasteiger partial charge in [-0.05, 0) is 40.0 Å². The zero-order valence-corrected chi connectivity index (χ0v) is 17.6. The molecule has 1 atom stereocenters. The highest BCUT2D eigenvalue weighted by molar-refractivity contribution is 6.32. The Morgan fingerprint density at radius 3 is 1.67 bits per heavy atom. The first-order chi connectivity index (χ1) is 11.3. The second-order valence-corrected chi connectivity index (χ2v) is 6.57. The van der Waals surface area contributed by atoms with Crippen molar-refractivity contribution in [1.82, 2.24) is 0 Å². The van der Waals surface area contributed by atoms with Crippen molar-refractivity contribution in [2.45, 2.75) is 68.7 Å². The van der Waals surface area contributed by atoms with Crippen LogP contribution in [-0.4, -0.2) is 50.0 Å². The molecular weight excluding hydrogens is 296 g/mol. The molecule has 0 spiro atoms. The van der Waals surface area contributed by atoms with E-state index in [0.29, 0.717) is 5.92 Å². The van der Waals surface area contributed by atoms with Gasteiger partial charge in [0.1, 0.15) is 0 Å². The van der Waals surface area contributed by atoms with E-state index in [4.69, 9.17) is 0 Å². The maximum atomic E-state index is 4.40. The van der Waals surface area contributed by atoms with Gasteiger partial charge in [-0.15, -0.1) is 0 Å². The number of rotatable bonds is 8. The number of aliphatic imine (C=N–C) groups is 4. The number of hydrogen-bond donors (Lipinski definition) is 0. The van der Waals surface area contributed by atoms with Crippen LogP contribution in [0.15, 0.2) is 20.0 Å². The lowest BCUT2D eigenvalue weighted by molar-refractivity contribution is 0.596. The topological polar surface area (TPSA) is 49.4 Å². The van der Waals surface area contributed by atoms with Gasteiger partial charge in [0.2, 0.25) is 0 Å². The number of hydrogen-bond acceptors (Lipinski definition) is 4.